The molecule has 0 bridgehead atoms. The topological polar surface area (TPSA) is 84.7 Å². The van der Waals surface area contributed by atoms with Crippen LogP contribution in [0.3, 0.4) is 0 Å². The molecule has 21 heavy (non-hydrogen) atoms. The van der Waals surface area contributed by atoms with Gasteiger partial charge in [0.15, 0.2) is 0 Å². The van der Waals surface area contributed by atoms with Gasteiger partial charge in [-0.15, -0.1) is 0 Å². The van der Waals surface area contributed by atoms with Gasteiger partial charge in [0.25, 0.3) is 0 Å². The molecule has 118 valence electrons. The Balaban J connectivity index is 1.62. The third kappa shape index (κ3) is 2.79. The number of nitrogens with two attached hydrogens (primary N) is 1. The van der Waals surface area contributed by atoms with E-state index >= 15 is 0 Å². The van der Waals surface area contributed by atoms with Crippen LogP contribution >= 0.6 is 0 Å². The molecule has 3 heterocycles. The van der Waals surface area contributed by atoms with E-state index in [1.165, 1.54) is 0 Å². The van der Waals surface area contributed by atoms with Crippen LogP contribution in [0.2, 0.25) is 0 Å². The molecule has 0 aromatic carbocycles. The second kappa shape index (κ2) is 5.93. The second-order valence-corrected chi connectivity index (χ2v) is 6.73. The number of hydrogen-bond donors (Lipinski definition) is 2. The summed E-state index contributed by atoms with van der Waals surface area (Å²) in [6.45, 7) is 4.45. The van der Waals surface area contributed by atoms with Gasteiger partial charge in [0.05, 0.1) is 12.0 Å². The minimum absolute atomic E-state index is 0.237. The first-order chi connectivity index (χ1) is 10.1. The largest absolute Gasteiger partial charge is 0.380 e. The Morgan fingerprint density at radius 2 is 2.05 bits per heavy atom. The van der Waals surface area contributed by atoms with Crippen LogP contribution in [0.1, 0.15) is 25.7 Å². The molecule has 3 saturated heterocycles. The molecule has 6 nitrogen and oxygen atoms in total. The molecule has 0 aromatic heterocycles. The fourth-order valence-corrected chi connectivity index (χ4v) is 4.09. The van der Waals surface area contributed by atoms with Gasteiger partial charge in [0.1, 0.15) is 0 Å². The lowest BCUT2D eigenvalue weighted by Gasteiger charge is -2.42. The van der Waals surface area contributed by atoms with E-state index in [-0.39, 0.29) is 17.2 Å². The van der Waals surface area contributed by atoms with Crippen LogP contribution in [-0.2, 0) is 14.3 Å². The summed E-state index contributed by atoms with van der Waals surface area (Å²) in [4.78, 5) is 26.0. The normalized spacial score (nSPS) is 33.7. The predicted octanol–water partition coefficient (Wildman–Crippen LogP) is -0.273. The smallest absolute Gasteiger partial charge is 0.232 e. The third-order valence-electron chi connectivity index (χ3n) is 5.40. The van der Waals surface area contributed by atoms with E-state index in [0.29, 0.717) is 24.9 Å². The molecule has 0 aromatic rings. The van der Waals surface area contributed by atoms with Gasteiger partial charge in [0, 0.05) is 32.7 Å². The van der Waals surface area contributed by atoms with Crippen LogP contribution in [0.4, 0.5) is 0 Å². The van der Waals surface area contributed by atoms with Crippen molar-refractivity contribution in [1.82, 2.24) is 10.2 Å². The zero-order valence-electron chi connectivity index (χ0n) is 12.5. The van der Waals surface area contributed by atoms with Gasteiger partial charge >= 0.3 is 0 Å². The van der Waals surface area contributed by atoms with Gasteiger partial charge in [-0.25, -0.2) is 0 Å². The minimum atomic E-state index is -0.352. The van der Waals surface area contributed by atoms with Gasteiger partial charge in [-0.05, 0) is 37.6 Å². The monoisotopic (exact) mass is 295 g/mol. The first-order valence-electron chi connectivity index (χ1n) is 7.98. The number of primary amides is 1. The van der Waals surface area contributed by atoms with Crippen LogP contribution in [-0.4, -0.2) is 56.1 Å². The third-order valence-corrected chi connectivity index (χ3v) is 5.40. The molecule has 6 heteroatoms. The number of carbonyl (C=O) groups is 2. The summed E-state index contributed by atoms with van der Waals surface area (Å²) < 4.78 is 5.62. The molecular weight excluding hydrogens is 270 g/mol. The molecule has 3 aliphatic rings. The SMILES string of the molecule is NC(=O)CC1CCN(C(=O)[C@]23CNC[C@H]2CCOC3)CC1. The average molecular weight is 295 g/mol. The maximum Gasteiger partial charge on any atom is 0.232 e. The summed E-state index contributed by atoms with van der Waals surface area (Å²) in [5.74, 6) is 0.750. The summed E-state index contributed by atoms with van der Waals surface area (Å²) >= 11 is 0. The van der Waals surface area contributed by atoms with E-state index in [1.54, 1.807) is 0 Å². The van der Waals surface area contributed by atoms with E-state index in [2.05, 4.69) is 5.32 Å². The average Bonchev–Trinajstić information content (AvgIpc) is 2.91. The number of piperidine rings is 1. The number of ether oxygens (including phenoxy) is 1. The van der Waals surface area contributed by atoms with E-state index in [9.17, 15) is 9.59 Å². The lowest BCUT2D eigenvalue weighted by Crippen LogP contribution is -2.54. The Labute approximate surface area is 125 Å². The highest BCUT2D eigenvalue weighted by atomic mass is 16.5. The van der Waals surface area contributed by atoms with Crippen molar-refractivity contribution in [3.8, 4) is 0 Å². The maximum atomic E-state index is 13.0. The molecule has 3 fully saturated rings. The Bertz CT molecular complexity index is 420. The van der Waals surface area contributed by atoms with E-state index < -0.39 is 0 Å². The van der Waals surface area contributed by atoms with E-state index in [1.807, 2.05) is 4.90 Å². The van der Waals surface area contributed by atoms with Crippen molar-refractivity contribution in [1.29, 1.82) is 0 Å². The molecule has 0 unspecified atom stereocenters. The highest BCUT2D eigenvalue weighted by molar-refractivity contribution is 5.84. The molecule has 2 atom stereocenters. The first-order valence-corrected chi connectivity index (χ1v) is 7.98. The summed E-state index contributed by atoms with van der Waals surface area (Å²) in [6.07, 6.45) is 3.17. The zero-order valence-corrected chi connectivity index (χ0v) is 12.5. The van der Waals surface area contributed by atoms with Gasteiger partial charge in [-0.1, -0.05) is 0 Å². The maximum absolute atomic E-state index is 13.0. The number of fused-ring (bicyclic) bond motifs is 1. The number of nitrogens with zero attached hydrogens (tertiary/aromatic N) is 1. The Morgan fingerprint density at radius 1 is 1.29 bits per heavy atom. The fraction of sp³-hybridized carbons (Fsp3) is 0.867. The Hall–Kier alpha value is -1.14. The van der Waals surface area contributed by atoms with Crippen LogP contribution in [0, 0.1) is 17.3 Å². The molecule has 3 N–H and O–H groups in total. The number of rotatable bonds is 3. The quantitative estimate of drug-likeness (QED) is 0.750. The molecule has 0 spiro atoms. The summed E-state index contributed by atoms with van der Waals surface area (Å²) in [5.41, 5.74) is 4.91. The van der Waals surface area contributed by atoms with Crippen molar-refractivity contribution in [3.63, 3.8) is 0 Å². The van der Waals surface area contributed by atoms with Gasteiger partial charge in [0.2, 0.25) is 11.8 Å². The predicted molar refractivity (Wildman–Crippen MR) is 77.3 cm³/mol. The van der Waals surface area contributed by atoms with Crippen molar-refractivity contribution < 1.29 is 14.3 Å². The fourth-order valence-electron chi connectivity index (χ4n) is 4.09. The number of nitrogens with one attached hydrogen (secondary N) is 1. The highest BCUT2D eigenvalue weighted by Gasteiger charge is 2.52. The van der Waals surface area contributed by atoms with Crippen molar-refractivity contribution >= 4 is 11.8 Å². The number of hydrogen-bond acceptors (Lipinski definition) is 4. The minimum Gasteiger partial charge on any atom is -0.380 e. The van der Waals surface area contributed by atoms with Crippen LogP contribution < -0.4 is 11.1 Å². The van der Waals surface area contributed by atoms with Crippen molar-refractivity contribution in [3.05, 3.63) is 0 Å². The lowest BCUT2D eigenvalue weighted by atomic mass is 9.74. The van der Waals surface area contributed by atoms with Crippen molar-refractivity contribution in [2.45, 2.75) is 25.7 Å². The molecule has 3 aliphatic heterocycles. The Kier molecular flexibility index (Phi) is 4.17. The van der Waals surface area contributed by atoms with Gasteiger partial charge < -0.3 is 20.7 Å². The summed E-state index contributed by atoms with van der Waals surface area (Å²) in [7, 11) is 0. The molecule has 0 aliphatic carbocycles. The van der Waals surface area contributed by atoms with Gasteiger partial charge in [-0.3, -0.25) is 9.59 Å². The van der Waals surface area contributed by atoms with E-state index in [4.69, 9.17) is 10.5 Å². The van der Waals surface area contributed by atoms with Crippen molar-refractivity contribution in [2.75, 3.05) is 39.4 Å². The van der Waals surface area contributed by atoms with E-state index in [0.717, 1.165) is 52.0 Å². The molecule has 0 saturated carbocycles. The summed E-state index contributed by atoms with van der Waals surface area (Å²) in [6, 6.07) is 0. The number of amides is 2. The first kappa shape index (κ1) is 14.8. The van der Waals surface area contributed by atoms with Crippen molar-refractivity contribution in [2.24, 2.45) is 23.0 Å². The van der Waals surface area contributed by atoms with Gasteiger partial charge in [-0.2, -0.15) is 0 Å². The molecule has 0 radical (unpaired) electrons. The standard InChI is InChI=1S/C15H25N3O3/c16-13(19)7-11-1-4-18(5-2-11)14(20)15-9-17-8-12(15)3-6-21-10-15/h11-12,17H,1-10H2,(H2,16,19)/t12-,15+/m1/s1. The second-order valence-electron chi connectivity index (χ2n) is 6.73. The van der Waals surface area contributed by atoms with Crippen LogP contribution in [0.5, 0.6) is 0 Å². The van der Waals surface area contributed by atoms with Crippen LogP contribution in [0.15, 0.2) is 0 Å². The summed E-state index contributed by atoms with van der Waals surface area (Å²) in [5, 5.41) is 3.37. The molecule has 3 rings (SSSR count). The number of carbonyl (C=O) groups excluding carboxylic acids is 2. The van der Waals surface area contributed by atoms with Crippen LogP contribution in [0.25, 0.3) is 0 Å². The lowest BCUT2D eigenvalue weighted by molar-refractivity contribution is -0.154. The Morgan fingerprint density at radius 3 is 2.76 bits per heavy atom. The molecular formula is C15H25N3O3. The molecule has 2 amide bonds. The zero-order chi connectivity index (χ0) is 14.9. The number of likely N-dealkylation sites (tertiary alicyclic amines) is 1. The highest BCUT2D eigenvalue weighted by Crippen LogP contribution is 2.40.